The zero-order chi connectivity index (χ0) is 20.2. The fourth-order valence-corrected chi connectivity index (χ4v) is 3.18. The van der Waals surface area contributed by atoms with Crippen molar-refractivity contribution in [3.63, 3.8) is 0 Å². The van der Waals surface area contributed by atoms with Crippen LogP contribution < -0.4 is 4.57 Å². The van der Waals surface area contributed by atoms with Gasteiger partial charge in [0.2, 0.25) is 5.69 Å². The molecule has 0 aliphatic heterocycles. The molecular formula is C21H17N2O+. The van der Waals surface area contributed by atoms with Gasteiger partial charge in [-0.05, 0) is 31.5 Å². The molecule has 3 heteroatoms. The molecule has 0 aliphatic carbocycles. The minimum Gasteiger partial charge on any atom is -0.457 e. The third-order valence-corrected chi connectivity index (χ3v) is 4.29. The van der Waals surface area contributed by atoms with E-state index in [1.54, 1.807) is 29.8 Å². The maximum Gasteiger partial charge on any atom is 0.216 e. The predicted octanol–water partition coefficient (Wildman–Crippen LogP) is 5.25. The van der Waals surface area contributed by atoms with Gasteiger partial charge in [-0.1, -0.05) is 24.3 Å². The molecule has 0 unspecified atom stereocenters. The molecule has 0 bridgehead atoms. The van der Waals surface area contributed by atoms with Gasteiger partial charge in [0.1, 0.15) is 19.6 Å². The van der Waals surface area contributed by atoms with Crippen molar-refractivity contribution >= 4 is 27.6 Å². The second-order valence-electron chi connectivity index (χ2n) is 5.80. The van der Waals surface area contributed by atoms with E-state index < -0.39 is 6.85 Å². The van der Waals surface area contributed by atoms with Gasteiger partial charge in [0, 0.05) is 26.5 Å². The largest absolute Gasteiger partial charge is 0.457 e. The first-order valence-corrected chi connectivity index (χ1v) is 7.57. The van der Waals surface area contributed by atoms with Crippen LogP contribution in [0.1, 0.15) is 16.6 Å². The molecule has 4 aromatic rings. The molecule has 0 N–H and O–H groups in total. The quantitative estimate of drug-likeness (QED) is 0.347. The zero-order valence-corrected chi connectivity index (χ0v) is 13.3. The summed E-state index contributed by atoms with van der Waals surface area (Å²) in [6.07, 6.45) is -0.0631. The van der Waals surface area contributed by atoms with Crippen molar-refractivity contribution < 1.29 is 14.5 Å². The molecule has 0 spiro atoms. The smallest absolute Gasteiger partial charge is 0.216 e. The van der Waals surface area contributed by atoms with Crippen molar-refractivity contribution in [3.8, 4) is 11.3 Å². The van der Waals surface area contributed by atoms with E-state index in [0.717, 1.165) is 21.9 Å². The van der Waals surface area contributed by atoms with Crippen LogP contribution in [0, 0.1) is 20.3 Å². The molecule has 0 atom stereocenters. The molecule has 4 rings (SSSR count). The van der Waals surface area contributed by atoms with Crippen LogP contribution in [-0.4, -0.2) is 0 Å². The summed E-state index contributed by atoms with van der Waals surface area (Å²) in [7, 11) is 1.68. The standard InChI is InChI=1S/C21H17N2O/c1-13-8-11-17(23(4)12-13)19-14(2)9-10-15-20-16(22-3)6-5-7-18(20)24-21(15)19/h5-12H,1-2,4H3/q+1/i1D3,12D. The van der Waals surface area contributed by atoms with Crippen molar-refractivity contribution in [2.75, 3.05) is 0 Å². The third kappa shape index (κ3) is 2.00. The van der Waals surface area contributed by atoms with E-state index in [1.165, 1.54) is 6.07 Å². The Kier molecular flexibility index (Phi) is 2.30. The number of aryl methyl sites for hydroxylation is 2. The molecule has 116 valence electrons. The third-order valence-electron chi connectivity index (χ3n) is 4.29. The Bertz CT molecular complexity index is 1300. The summed E-state index contributed by atoms with van der Waals surface area (Å²) in [6.45, 7) is 7.04. The van der Waals surface area contributed by atoms with Crippen molar-refractivity contribution in [2.45, 2.75) is 13.8 Å². The van der Waals surface area contributed by atoms with Crippen LogP contribution in [0.4, 0.5) is 5.69 Å². The number of aromatic nitrogens is 1. The Morgan fingerprint density at radius 1 is 1.21 bits per heavy atom. The molecule has 0 fully saturated rings. The van der Waals surface area contributed by atoms with E-state index in [2.05, 4.69) is 4.85 Å². The summed E-state index contributed by atoms with van der Waals surface area (Å²) in [6, 6.07) is 12.5. The average Bonchev–Trinajstić information content (AvgIpc) is 3.02. The lowest BCUT2D eigenvalue weighted by atomic mass is 10.00. The molecule has 0 saturated heterocycles. The molecule has 0 amide bonds. The maximum absolute atomic E-state index is 8.32. The molecule has 2 aromatic heterocycles. The highest BCUT2D eigenvalue weighted by atomic mass is 16.3. The van der Waals surface area contributed by atoms with E-state index in [0.29, 0.717) is 22.5 Å². The Morgan fingerprint density at radius 3 is 2.88 bits per heavy atom. The minimum absolute atomic E-state index is 0.00322. The first kappa shape index (κ1) is 10.6. The molecule has 24 heavy (non-hydrogen) atoms. The van der Waals surface area contributed by atoms with E-state index in [1.807, 2.05) is 25.1 Å². The van der Waals surface area contributed by atoms with E-state index in [9.17, 15) is 0 Å². The molecule has 0 aliphatic rings. The van der Waals surface area contributed by atoms with E-state index >= 15 is 0 Å². The fourth-order valence-electron chi connectivity index (χ4n) is 3.18. The highest BCUT2D eigenvalue weighted by Crippen LogP contribution is 2.40. The van der Waals surface area contributed by atoms with E-state index in [4.69, 9.17) is 16.5 Å². The van der Waals surface area contributed by atoms with Gasteiger partial charge in [0.05, 0.1) is 12.1 Å². The lowest BCUT2D eigenvalue weighted by Crippen LogP contribution is -2.31. The summed E-state index contributed by atoms with van der Waals surface area (Å²) >= 11 is 0. The Hall–Kier alpha value is -3.12. The molecule has 0 saturated carbocycles. The Labute approximate surface area is 146 Å². The highest BCUT2D eigenvalue weighted by molar-refractivity contribution is 6.14. The van der Waals surface area contributed by atoms with Crippen LogP contribution in [0.2, 0.25) is 0 Å². The van der Waals surface area contributed by atoms with Crippen LogP contribution in [-0.2, 0) is 7.05 Å². The van der Waals surface area contributed by atoms with E-state index in [-0.39, 0.29) is 11.7 Å². The first-order chi connectivity index (χ1) is 13.2. The van der Waals surface area contributed by atoms with Gasteiger partial charge in [-0.15, -0.1) is 0 Å². The maximum atomic E-state index is 8.32. The zero-order valence-electron chi connectivity index (χ0n) is 17.3. The minimum atomic E-state index is -2.35. The van der Waals surface area contributed by atoms with Crippen LogP contribution in [0.3, 0.4) is 0 Å². The normalized spacial score (nSPS) is 14.0. The van der Waals surface area contributed by atoms with Gasteiger partial charge in [-0.3, -0.25) is 0 Å². The van der Waals surface area contributed by atoms with Crippen LogP contribution >= 0.6 is 0 Å². The predicted molar refractivity (Wildman–Crippen MR) is 96.1 cm³/mol. The Morgan fingerprint density at radius 2 is 2.08 bits per heavy atom. The number of hydrogen-bond donors (Lipinski definition) is 0. The summed E-state index contributed by atoms with van der Waals surface area (Å²) in [4.78, 5) is 3.61. The van der Waals surface area contributed by atoms with Crippen molar-refractivity contribution in [1.82, 2.24) is 0 Å². The van der Waals surface area contributed by atoms with Crippen LogP contribution in [0.5, 0.6) is 0 Å². The Balaban J connectivity index is 2.09. The van der Waals surface area contributed by atoms with Crippen molar-refractivity contribution in [1.29, 1.82) is 0 Å². The number of rotatable bonds is 1. The number of hydrogen-bond acceptors (Lipinski definition) is 1. The molecule has 2 heterocycles. The number of benzene rings is 2. The monoisotopic (exact) mass is 317 g/mol. The van der Waals surface area contributed by atoms with Gasteiger partial charge < -0.3 is 4.42 Å². The number of nitrogens with zero attached hydrogens (tertiary/aromatic N) is 2. The van der Waals surface area contributed by atoms with Gasteiger partial charge in [0.15, 0.2) is 11.9 Å². The summed E-state index contributed by atoms with van der Waals surface area (Å²) < 4.78 is 38.9. The molecular weight excluding hydrogens is 296 g/mol. The summed E-state index contributed by atoms with van der Waals surface area (Å²) in [5.74, 6) is 0. The van der Waals surface area contributed by atoms with Gasteiger partial charge in [0.25, 0.3) is 0 Å². The lowest BCUT2D eigenvalue weighted by molar-refractivity contribution is -0.660. The highest BCUT2D eigenvalue weighted by Gasteiger charge is 2.21. The summed E-state index contributed by atoms with van der Waals surface area (Å²) in [5, 5.41) is 1.59. The molecule has 2 aromatic carbocycles. The summed E-state index contributed by atoms with van der Waals surface area (Å²) in [5.41, 5.74) is 4.19. The van der Waals surface area contributed by atoms with Gasteiger partial charge >= 0.3 is 0 Å². The topological polar surface area (TPSA) is 21.4 Å². The number of pyridine rings is 1. The van der Waals surface area contributed by atoms with Gasteiger partial charge in [-0.25, -0.2) is 9.41 Å². The second-order valence-corrected chi connectivity index (χ2v) is 5.80. The molecule has 0 radical (unpaired) electrons. The molecule has 3 nitrogen and oxygen atoms in total. The fraction of sp³-hybridized carbons (Fsp3) is 0.143. The van der Waals surface area contributed by atoms with Gasteiger partial charge in [-0.2, -0.15) is 0 Å². The first-order valence-electron chi connectivity index (χ1n) is 9.57. The van der Waals surface area contributed by atoms with Crippen molar-refractivity contribution in [2.24, 2.45) is 7.05 Å². The average molecular weight is 317 g/mol. The lowest BCUT2D eigenvalue weighted by Gasteiger charge is -2.06. The second kappa shape index (κ2) is 5.21. The SMILES string of the molecule is [2H]c1c(C([2H])([2H])[2H])ccc(-c2c(C)ccc3c2oc2cccc([N+]#[C-])c23)[n+]1C. The number of furan rings is 1. The van der Waals surface area contributed by atoms with Crippen LogP contribution in [0.25, 0.3) is 38.0 Å². The van der Waals surface area contributed by atoms with Crippen molar-refractivity contribution in [3.05, 3.63) is 71.2 Å². The number of fused-ring (bicyclic) bond motifs is 3. The van der Waals surface area contributed by atoms with Crippen LogP contribution in [0.15, 0.2) is 53.1 Å².